The molecule has 1 fully saturated rings. The largest absolute Gasteiger partial charge is 0.508 e. The van der Waals surface area contributed by atoms with E-state index in [-0.39, 0.29) is 24.6 Å². The second-order valence-corrected chi connectivity index (χ2v) is 9.88. The molecule has 0 unspecified atom stereocenters. The van der Waals surface area contributed by atoms with Crippen molar-refractivity contribution in [2.75, 3.05) is 20.3 Å². The smallest absolute Gasteiger partial charge is 0.438 e. The minimum absolute atomic E-state index is 0.117. The van der Waals surface area contributed by atoms with Gasteiger partial charge in [0.15, 0.2) is 10.8 Å². The van der Waals surface area contributed by atoms with Gasteiger partial charge in [-0.05, 0) is 17.7 Å². The summed E-state index contributed by atoms with van der Waals surface area (Å²) in [5, 5.41) is 6.28. The molecule has 0 radical (unpaired) electrons. The number of nitrogens with two attached hydrogens (primary N) is 1. The van der Waals surface area contributed by atoms with Crippen LogP contribution in [0.4, 0.5) is 18.0 Å². The van der Waals surface area contributed by atoms with Gasteiger partial charge in [0, 0.05) is 52.6 Å². The van der Waals surface area contributed by atoms with E-state index in [1.54, 1.807) is 11.6 Å². The number of nitrogens with zero attached hydrogens (tertiary/aromatic N) is 5. The Bertz CT molecular complexity index is 1400. The molecule has 2 aliphatic rings. The Morgan fingerprint density at radius 3 is 2.86 bits per heavy atom. The zero-order chi connectivity index (χ0) is 26.3. The van der Waals surface area contributed by atoms with Gasteiger partial charge in [-0.25, -0.2) is 18.9 Å². The summed E-state index contributed by atoms with van der Waals surface area (Å²) in [6.45, 7) is -2.84. The maximum atomic E-state index is 13.9. The van der Waals surface area contributed by atoms with Crippen molar-refractivity contribution < 1.29 is 27.4 Å². The Morgan fingerprint density at radius 2 is 2.22 bits per heavy atom. The number of thiazole rings is 1. The Kier molecular flexibility index (Phi) is 6.68. The van der Waals surface area contributed by atoms with Crippen LogP contribution in [0.25, 0.3) is 5.57 Å². The minimum Gasteiger partial charge on any atom is -0.438 e. The third kappa shape index (κ3) is 4.81. The molecule has 0 saturated carbocycles. The van der Waals surface area contributed by atoms with Gasteiger partial charge in [0.2, 0.25) is 0 Å². The van der Waals surface area contributed by atoms with Crippen LogP contribution in [0, 0.1) is 5.82 Å². The van der Waals surface area contributed by atoms with E-state index < -0.39 is 30.1 Å². The molecule has 9 nitrogen and oxygen atoms in total. The van der Waals surface area contributed by atoms with E-state index in [0.29, 0.717) is 37.9 Å². The number of aliphatic imine (C=N–C) groups is 1. The molecule has 0 spiro atoms. The summed E-state index contributed by atoms with van der Waals surface area (Å²) in [4.78, 5) is 22.8. The lowest BCUT2D eigenvalue weighted by Crippen LogP contribution is -2.48. The molecule has 14 heteroatoms. The van der Waals surface area contributed by atoms with E-state index in [4.69, 9.17) is 27.1 Å². The molecule has 5 rings (SSSR count). The third-order valence-corrected chi connectivity index (χ3v) is 7.14. The molecule has 2 N–H and O–H groups in total. The first kappa shape index (κ1) is 25.2. The summed E-state index contributed by atoms with van der Waals surface area (Å²) < 4.78 is 51.0. The van der Waals surface area contributed by atoms with Crippen LogP contribution in [-0.4, -0.2) is 57.5 Å². The van der Waals surface area contributed by atoms with Gasteiger partial charge in [0.25, 0.3) is 0 Å². The molecule has 37 heavy (non-hydrogen) atoms. The number of ether oxygens (including phenoxy) is 2. The van der Waals surface area contributed by atoms with Crippen molar-refractivity contribution in [1.82, 2.24) is 19.7 Å². The lowest BCUT2D eigenvalue weighted by molar-refractivity contribution is 0.0556. The number of carbonyl (C=O) groups is 1. The first-order valence-electron chi connectivity index (χ1n) is 10.9. The monoisotopic (exact) mass is 552 g/mol. The number of carbonyl (C=O) groups excluding carboxylic acids is 1. The number of benzene rings is 1. The van der Waals surface area contributed by atoms with Crippen LogP contribution in [-0.2, 0) is 9.47 Å². The highest BCUT2D eigenvalue weighted by molar-refractivity contribution is 7.11. The SMILES string of the molecule is COC(=O)OC[C@@]1(N)CC2=C(c3cnn(C(F)F)c3)[C@H](c3ccc(F)cc3Cl)N=C(c3nccs3)N2C1. The van der Waals surface area contributed by atoms with Gasteiger partial charge in [-0.3, -0.25) is 4.99 Å². The van der Waals surface area contributed by atoms with Gasteiger partial charge in [0.1, 0.15) is 18.5 Å². The molecule has 1 aromatic carbocycles. The van der Waals surface area contributed by atoms with Crippen molar-refractivity contribution in [2.24, 2.45) is 10.7 Å². The van der Waals surface area contributed by atoms with Gasteiger partial charge in [-0.15, -0.1) is 11.3 Å². The fraction of sp³-hybridized carbons (Fsp3) is 0.304. The number of alkyl halides is 2. The van der Waals surface area contributed by atoms with Gasteiger partial charge in [0.05, 0.1) is 18.8 Å². The van der Waals surface area contributed by atoms with E-state index in [1.807, 2.05) is 4.90 Å². The van der Waals surface area contributed by atoms with E-state index in [9.17, 15) is 18.0 Å². The van der Waals surface area contributed by atoms with Crippen molar-refractivity contribution in [2.45, 2.75) is 24.6 Å². The second-order valence-electron chi connectivity index (χ2n) is 8.57. The number of amidine groups is 1. The standard InChI is InChI=1S/C23H20ClF3N6O3S/c1-35-22(34)36-11-23(28)7-16-17(12-8-30-33(9-12)21(26)27)18(14-3-2-13(25)6-15(14)24)31-19(32(16)10-23)20-29-4-5-37-20/h2-6,8-9,18,21H,7,10-11,28H2,1H3/t18-,23+/m0/s1. The van der Waals surface area contributed by atoms with Crippen LogP contribution in [0.5, 0.6) is 0 Å². The van der Waals surface area contributed by atoms with Crippen LogP contribution in [0.2, 0.25) is 5.02 Å². The number of hydrogen-bond donors (Lipinski definition) is 1. The van der Waals surface area contributed by atoms with Gasteiger partial charge < -0.3 is 20.1 Å². The average Bonchev–Trinajstić information content (AvgIpc) is 3.62. The Morgan fingerprint density at radius 1 is 1.41 bits per heavy atom. The Balaban J connectivity index is 1.69. The number of hydrogen-bond acceptors (Lipinski definition) is 9. The molecule has 3 aromatic rings. The maximum Gasteiger partial charge on any atom is 0.508 e. The van der Waals surface area contributed by atoms with Gasteiger partial charge in [-0.2, -0.15) is 13.9 Å². The molecule has 1 saturated heterocycles. The van der Waals surface area contributed by atoms with Crippen molar-refractivity contribution in [3.63, 3.8) is 0 Å². The first-order valence-corrected chi connectivity index (χ1v) is 12.2. The predicted molar refractivity (Wildman–Crippen MR) is 130 cm³/mol. The second kappa shape index (κ2) is 9.80. The Hall–Kier alpha value is -3.42. The number of rotatable bonds is 6. The molecule has 2 aliphatic heterocycles. The lowest BCUT2D eigenvalue weighted by Gasteiger charge is -2.32. The highest BCUT2D eigenvalue weighted by Gasteiger charge is 2.46. The number of fused-ring (bicyclic) bond motifs is 1. The molecule has 2 atom stereocenters. The first-order chi connectivity index (χ1) is 17.7. The fourth-order valence-electron chi connectivity index (χ4n) is 4.47. The van der Waals surface area contributed by atoms with Crippen molar-refractivity contribution in [3.8, 4) is 0 Å². The summed E-state index contributed by atoms with van der Waals surface area (Å²) in [6, 6.07) is 3.11. The van der Waals surface area contributed by atoms with Crippen molar-refractivity contribution in [1.29, 1.82) is 0 Å². The maximum absolute atomic E-state index is 13.9. The zero-order valence-corrected chi connectivity index (χ0v) is 20.8. The fourth-order valence-corrected chi connectivity index (χ4v) is 5.38. The van der Waals surface area contributed by atoms with Crippen LogP contribution >= 0.6 is 22.9 Å². The number of methoxy groups -OCH3 is 1. The quantitative estimate of drug-likeness (QED) is 0.444. The number of aromatic nitrogens is 3. The van der Waals surface area contributed by atoms with Crippen LogP contribution in [0.3, 0.4) is 0 Å². The number of halogens is 4. The molecule has 0 amide bonds. The molecule has 0 aliphatic carbocycles. The third-order valence-electron chi connectivity index (χ3n) is 6.05. The lowest BCUT2D eigenvalue weighted by atomic mass is 9.89. The summed E-state index contributed by atoms with van der Waals surface area (Å²) >= 11 is 7.80. The van der Waals surface area contributed by atoms with E-state index in [0.717, 1.165) is 0 Å². The summed E-state index contributed by atoms with van der Waals surface area (Å²) in [5.74, 6) is -0.0531. The molecular weight excluding hydrogens is 533 g/mol. The molecule has 0 bridgehead atoms. The van der Waals surface area contributed by atoms with Crippen LogP contribution in [0.1, 0.15) is 35.1 Å². The van der Waals surface area contributed by atoms with Gasteiger partial charge >= 0.3 is 12.7 Å². The molecule has 2 aromatic heterocycles. The van der Waals surface area contributed by atoms with E-state index in [1.165, 1.54) is 49.0 Å². The normalized spacial score (nSPS) is 21.3. The summed E-state index contributed by atoms with van der Waals surface area (Å²) in [6.07, 6.45) is 3.45. The Labute approximate surface area is 218 Å². The van der Waals surface area contributed by atoms with Crippen LogP contribution in [0.15, 0.2) is 52.9 Å². The highest BCUT2D eigenvalue weighted by atomic mass is 35.5. The molecule has 194 valence electrons. The highest BCUT2D eigenvalue weighted by Crippen LogP contribution is 2.48. The minimum atomic E-state index is -2.85. The topological polar surface area (TPSA) is 108 Å². The van der Waals surface area contributed by atoms with E-state index in [2.05, 4.69) is 14.8 Å². The molecular formula is C23H20ClF3N6O3S. The molecule has 4 heterocycles. The zero-order valence-electron chi connectivity index (χ0n) is 19.3. The average molecular weight is 553 g/mol. The summed E-state index contributed by atoms with van der Waals surface area (Å²) in [5.41, 5.74) is 7.60. The van der Waals surface area contributed by atoms with E-state index >= 15 is 0 Å². The van der Waals surface area contributed by atoms with Crippen molar-refractivity contribution in [3.05, 3.63) is 74.8 Å². The summed E-state index contributed by atoms with van der Waals surface area (Å²) in [7, 11) is 1.19. The predicted octanol–water partition coefficient (Wildman–Crippen LogP) is 4.63. The van der Waals surface area contributed by atoms with Gasteiger partial charge in [-0.1, -0.05) is 17.7 Å². The van der Waals surface area contributed by atoms with Crippen molar-refractivity contribution >= 4 is 40.5 Å². The van der Waals surface area contributed by atoms with Crippen LogP contribution < -0.4 is 5.73 Å².